The van der Waals surface area contributed by atoms with Crippen molar-refractivity contribution in [1.29, 1.82) is 0 Å². The van der Waals surface area contributed by atoms with Gasteiger partial charge in [-0.25, -0.2) is 23.7 Å². The fourth-order valence-electron chi connectivity index (χ4n) is 5.41. The van der Waals surface area contributed by atoms with Crippen LogP contribution in [0.25, 0.3) is 27.8 Å². The summed E-state index contributed by atoms with van der Waals surface area (Å²) in [5.41, 5.74) is 7.19. The SMILES string of the molecule is Cc1c(-c2c(C(C)C)c3cc(C4CCNCC4)ccc3n2C(=O)OC(C)Cl)cn2ncnc2c1C.O=C(O)C(F)(F)F. The van der Waals surface area contributed by atoms with Gasteiger partial charge in [-0.1, -0.05) is 31.5 Å². The van der Waals surface area contributed by atoms with Gasteiger partial charge in [-0.15, -0.1) is 0 Å². The molecule has 13 heteroatoms. The molecule has 0 amide bonds. The van der Waals surface area contributed by atoms with Gasteiger partial charge < -0.3 is 15.2 Å². The standard InChI is InChI=1S/C27H32ClN5O2.C2HF3O2/c1-15(2)24-21-12-20(19-8-10-29-11-9-19)6-7-23(21)33(27(34)35-18(5)28)25(24)22-13-32-26(30-14-31-32)17(4)16(22)3;3-2(4,5)1(6)7/h6-7,12-15,18-19,29H,8-11H2,1-5H3;(H,6,7). The number of ether oxygens (including phenoxy) is 1. The van der Waals surface area contributed by atoms with E-state index in [0.717, 1.165) is 70.4 Å². The van der Waals surface area contributed by atoms with Crippen LogP contribution in [-0.4, -0.2) is 61.2 Å². The number of pyridine rings is 1. The zero-order valence-electron chi connectivity index (χ0n) is 23.9. The molecule has 0 spiro atoms. The summed E-state index contributed by atoms with van der Waals surface area (Å²) in [7, 11) is 0. The van der Waals surface area contributed by atoms with Crippen LogP contribution in [0.3, 0.4) is 0 Å². The summed E-state index contributed by atoms with van der Waals surface area (Å²) in [4.78, 5) is 26.8. The summed E-state index contributed by atoms with van der Waals surface area (Å²) < 4.78 is 40.7. The van der Waals surface area contributed by atoms with Crippen LogP contribution < -0.4 is 5.32 Å². The number of alkyl halides is 4. The Kier molecular flexibility index (Phi) is 9.17. The Balaban J connectivity index is 0.000000517. The van der Waals surface area contributed by atoms with E-state index in [1.54, 1.807) is 22.3 Å². The highest BCUT2D eigenvalue weighted by Gasteiger charge is 2.38. The third kappa shape index (κ3) is 6.24. The second kappa shape index (κ2) is 12.3. The molecule has 1 fully saturated rings. The van der Waals surface area contributed by atoms with Crippen molar-refractivity contribution in [3.8, 4) is 11.3 Å². The molecule has 1 aliphatic rings. The Morgan fingerprint density at radius 2 is 1.79 bits per heavy atom. The number of halogens is 4. The molecule has 1 aromatic carbocycles. The fraction of sp³-hybridized carbons (Fsp3) is 0.448. The first-order valence-corrected chi connectivity index (χ1v) is 14.0. The van der Waals surface area contributed by atoms with Crippen molar-refractivity contribution >= 4 is 40.2 Å². The normalized spacial score (nSPS) is 15.1. The van der Waals surface area contributed by atoms with E-state index in [0.29, 0.717) is 5.92 Å². The lowest BCUT2D eigenvalue weighted by Crippen LogP contribution is -2.26. The van der Waals surface area contributed by atoms with Crippen LogP contribution in [0.5, 0.6) is 0 Å². The molecule has 1 aliphatic heterocycles. The quantitative estimate of drug-likeness (QED) is 0.247. The van der Waals surface area contributed by atoms with Crippen molar-refractivity contribution in [3.63, 3.8) is 0 Å². The van der Waals surface area contributed by atoms with Crippen LogP contribution in [0.15, 0.2) is 30.7 Å². The number of nitrogens with zero attached hydrogens (tertiary/aromatic N) is 4. The molecule has 0 aliphatic carbocycles. The number of carbonyl (C=O) groups excluding carboxylic acids is 1. The Hall–Kier alpha value is -3.64. The van der Waals surface area contributed by atoms with Gasteiger partial charge in [0.15, 0.2) is 11.2 Å². The molecule has 1 atom stereocenters. The second-order valence-corrected chi connectivity index (χ2v) is 11.2. The van der Waals surface area contributed by atoms with Gasteiger partial charge in [0.05, 0.1) is 11.2 Å². The molecule has 9 nitrogen and oxygen atoms in total. The number of aryl methyl sites for hydroxylation is 1. The summed E-state index contributed by atoms with van der Waals surface area (Å²) in [6, 6.07) is 6.52. The van der Waals surface area contributed by atoms with Gasteiger partial charge in [0.2, 0.25) is 0 Å². The summed E-state index contributed by atoms with van der Waals surface area (Å²) in [6.45, 7) is 12.2. The predicted molar refractivity (Wildman–Crippen MR) is 153 cm³/mol. The maximum Gasteiger partial charge on any atom is 0.490 e. The number of fused-ring (bicyclic) bond motifs is 2. The molecule has 2 N–H and O–H groups in total. The molecule has 0 saturated carbocycles. The van der Waals surface area contributed by atoms with E-state index < -0.39 is 23.8 Å². The molecule has 5 rings (SSSR count). The number of rotatable bonds is 4. The fourth-order valence-corrected chi connectivity index (χ4v) is 5.49. The lowest BCUT2D eigenvalue weighted by molar-refractivity contribution is -0.192. The number of nitrogens with one attached hydrogen (secondary N) is 1. The number of benzene rings is 1. The van der Waals surface area contributed by atoms with Crippen LogP contribution in [-0.2, 0) is 9.53 Å². The van der Waals surface area contributed by atoms with Crippen LogP contribution in [0.1, 0.15) is 67.7 Å². The zero-order valence-corrected chi connectivity index (χ0v) is 24.7. The third-order valence-electron chi connectivity index (χ3n) is 7.49. The van der Waals surface area contributed by atoms with E-state index in [1.165, 1.54) is 5.56 Å². The number of hydrogen-bond donors (Lipinski definition) is 2. The number of carboxylic acids is 1. The average molecular weight is 608 g/mol. The highest BCUT2D eigenvalue weighted by Crippen LogP contribution is 2.42. The van der Waals surface area contributed by atoms with Crippen molar-refractivity contribution in [2.24, 2.45) is 0 Å². The number of carboxylic acid groups (broad SMARTS) is 1. The van der Waals surface area contributed by atoms with Crippen LogP contribution in [0.4, 0.5) is 18.0 Å². The lowest BCUT2D eigenvalue weighted by Gasteiger charge is -2.23. The summed E-state index contributed by atoms with van der Waals surface area (Å²) in [5.74, 6) is -2.07. The van der Waals surface area contributed by atoms with Gasteiger partial charge in [-0.3, -0.25) is 0 Å². The second-order valence-electron chi connectivity index (χ2n) is 10.6. The smallest absolute Gasteiger partial charge is 0.475 e. The molecular weight excluding hydrogens is 575 g/mol. The first-order chi connectivity index (χ1) is 19.7. The van der Waals surface area contributed by atoms with E-state index in [2.05, 4.69) is 54.4 Å². The molecule has 42 heavy (non-hydrogen) atoms. The van der Waals surface area contributed by atoms with Crippen LogP contribution in [0, 0.1) is 13.8 Å². The average Bonchev–Trinajstić information content (AvgIpc) is 3.53. The number of carbonyl (C=O) groups is 2. The van der Waals surface area contributed by atoms with Crippen molar-refractivity contribution in [1.82, 2.24) is 24.5 Å². The van der Waals surface area contributed by atoms with Crippen molar-refractivity contribution in [2.45, 2.75) is 71.0 Å². The van der Waals surface area contributed by atoms with E-state index in [9.17, 15) is 18.0 Å². The van der Waals surface area contributed by atoms with Gasteiger partial charge in [-0.2, -0.15) is 18.3 Å². The molecule has 1 saturated heterocycles. The van der Waals surface area contributed by atoms with Gasteiger partial charge >= 0.3 is 18.2 Å². The highest BCUT2D eigenvalue weighted by molar-refractivity contribution is 6.20. The van der Waals surface area contributed by atoms with Gasteiger partial charge in [0.25, 0.3) is 0 Å². The summed E-state index contributed by atoms with van der Waals surface area (Å²) >= 11 is 6.10. The Bertz CT molecular complexity index is 1620. The van der Waals surface area contributed by atoms with Crippen molar-refractivity contribution in [3.05, 3.63) is 53.0 Å². The predicted octanol–water partition coefficient (Wildman–Crippen LogP) is 6.76. The maximum absolute atomic E-state index is 13.5. The first kappa shape index (κ1) is 31.3. The first-order valence-electron chi connectivity index (χ1n) is 13.6. The molecular formula is C29H33ClF3N5O4. The lowest BCUT2D eigenvalue weighted by atomic mass is 9.88. The molecule has 0 bridgehead atoms. The van der Waals surface area contributed by atoms with Crippen molar-refractivity contribution < 1.29 is 32.6 Å². The van der Waals surface area contributed by atoms with Crippen LogP contribution >= 0.6 is 11.6 Å². The minimum atomic E-state index is -5.08. The molecule has 1 unspecified atom stereocenters. The number of hydrogen-bond acceptors (Lipinski definition) is 6. The molecule has 3 aromatic heterocycles. The largest absolute Gasteiger partial charge is 0.490 e. The topological polar surface area (TPSA) is 111 Å². The van der Waals surface area contributed by atoms with E-state index >= 15 is 0 Å². The summed E-state index contributed by atoms with van der Waals surface area (Å²) in [5, 5.41) is 16.0. The molecule has 4 heterocycles. The molecule has 226 valence electrons. The Morgan fingerprint density at radius 3 is 2.36 bits per heavy atom. The van der Waals surface area contributed by atoms with Gasteiger partial charge in [0.1, 0.15) is 6.33 Å². The monoisotopic (exact) mass is 607 g/mol. The number of aromatic nitrogens is 4. The summed E-state index contributed by atoms with van der Waals surface area (Å²) in [6.07, 6.45) is 0.183. The minimum absolute atomic E-state index is 0.171. The highest BCUT2D eigenvalue weighted by atomic mass is 35.5. The van der Waals surface area contributed by atoms with Gasteiger partial charge in [-0.05, 0) is 92.9 Å². The van der Waals surface area contributed by atoms with Crippen LogP contribution in [0.2, 0.25) is 0 Å². The van der Waals surface area contributed by atoms with E-state index in [1.807, 2.05) is 13.1 Å². The van der Waals surface area contributed by atoms with E-state index in [-0.39, 0.29) is 5.92 Å². The number of aliphatic carboxylic acids is 1. The number of piperidine rings is 1. The zero-order chi connectivity index (χ0) is 30.9. The van der Waals surface area contributed by atoms with E-state index in [4.69, 9.17) is 26.2 Å². The van der Waals surface area contributed by atoms with Crippen molar-refractivity contribution in [2.75, 3.05) is 13.1 Å². The Morgan fingerprint density at radius 1 is 1.14 bits per heavy atom. The Labute approximate surface area is 245 Å². The molecule has 0 radical (unpaired) electrons. The molecule has 4 aromatic rings. The van der Waals surface area contributed by atoms with Gasteiger partial charge in [0, 0.05) is 17.1 Å². The minimum Gasteiger partial charge on any atom is -0.475 e. The maximum atomic E-state index is 13.5. The third-order valence-corrected chi connectivity index (χ3v) is 7.58.